The number of allylic oxidation sites excluding steroid dienone is 1. The Bertz CT molecular complexity index is 1010. The molecule has 3 aromatic rings. The molecule has 0 bridgehead atoms. The van der Waals surface area contributed by atoms with Crippen LogP contribution in [-0.2, 0) is 6.54 Å². The molecule has 0 N–H and O–H groups in total. The quantitative estimate of drug-likeness (QED) is 0.264. The standard InChI is InChI=1S/C17H11Cl2N3O4/c18-15-5-1-11(7-16(15)19)17(23)6-4-13-2-3-14(26-13)10-21-9-12(8-20-21)22(24)25/h1-9H,10H2/b6-4+. The zero-order chi connectivity index (χ0) is 18.7. The molecular weight excluding hydrogens is 381 g/mol. The van der Waals surface area contributed by atoms with Gasteiger partial charge in [0, 0.05) is 5.56 Å². The number of nitrogens with zero attached hydrogens (tertiary/aromatic N) is 3. The number of furan rings is 1. The molecule has 26 heavy (non-hydrogen) atoms. The largest absolute Gasteiger partial charge is 0.460 e. The van der Waals surface area contributed by atoms with Gasteiger partial charge in [-0.3, -0.25) is 19.6 Å². The number of ketones is 1. The van der Waals surface area contributed by atoms with Crippen molar-refractivity contribution in [2.24, 2.45) is 0 Å². The summed E-state index contributed by atoms with van der Waals surface area (Å²) in [5.74, 6) is 0.768. The Morgan fingerprint density at radius 1 is 1.27 bits per heavy atom. The third-order valence-corrected chi connectivity index (χ3v) is 4.17. The second-order valence-electron chi connectivity index (χ2n) is 5.28. The Morgan fingerprint density at radius 2 is 2.08 bits per heavy atom. The summed E-state index contributed by atoms with van der Waals surface area (Å²) in [5.41, 5.74) is 0.315. The van der Waals surface area contributed by atoms with Crippen LogP contribution in [0.1, 0.15) is 21.9 Å². The monoisotopic (exact) mass is 391 g/mol. The molecule has 0 radical (unpaired) electrons. The number of hydrogen-bond acceptors (Lipinski definition) is 5. The van der Waals surface area contributed by atoms with Crippen LogP contribution in [0.5, 0.6) is 0 Å². The van der Waals surface area contributed by atoms with Gasteiger partial charge in [0.15, 0.2) is 5.78 Å². The zero-order valence-corrected chi connectivity index (χ0v) is 14.6. The van der Waals surface area contributed by atoms with E-state index in [1.807, 2.05) is 0 Å². The van der Waals surface area contributed by atoms with Gasteiger partial charge in [-0.05, 0) is 42.5 Å². The molecule has 0 aliphatic rings. The topological polar surface area (TPSA) is 91.2 Å². The molecule has 0 amide bonds. The Hall–Kier alpha value is -2.90. The van der Waals surface area contributed by atoms with E-state index < -0.39 is 4.92 Å². The maximum Gasteiger partial charge on any atom is 0.307 e. The Morgan fingerprint density at radius 3 is 2.77 bits per heavy atom. The lowest BCUT2D eigenvalue weighted by molar-refractivity contribution is -0.385. The number of carbonyl (C=O) groups excluding carboxylic acids is 1. The number of carbonyl (C=O) groups is 1. The summed E-state index contributed by atoms with van der Waals surface area (Å²) in [6.45, 7) is 0.239. The van der Waals surface area contributed by atoms with E-state index in [1.165, 1.54) is 35.3 Å². The number of aromatic nitrogens is 2. The molecule has 7 nitrogen and oxygen atoms in total. The molecule has 0 atom stereocenters. The summed E-state index contributed by atoms with van der Waals surface area (Å²) >= 11 is 11.7. The summed E-state index contributed by atoms with van der Waals surface area (Å²) in [6.07, 6.45) is 5.37. The van der Waals surface area contributed by atoms with E-state index in [4.69, 9.17) is 27.6 Å². The van der Waals surface area contributed by atoms with E-state index in [-0.39, 0.29) is 18.0 Å². The van der Waals surface area contributed by atoms with Crippen LogP contribution in [0, 0.1) is 10.1 Å². The fourth-order valence-electron chi connectivity index (χ4n) is 2.17. The first-order valence-electron chi connectivity index (χ1n) is 7.35. The molecule has 0 saturated carbocycles. The van der Waals surface area contributed by atoms with Gasteiger partial charge in [-0.15, -0.1) is 0 Å². The summed E-state index contributed by atoms with van der Waals surface area (Å²) in [5, 5.41) is 15.2. The van der Waals surface area contributed by atoms with Gasteiger partial charge < -0.3 is 4.42 Å². The molecule has 1 aromatic carbocycles. The normalized spacial score (nSPS) is 11.2. The lowest BCUT2D eigenvalue weighted by Gasteiger charge is -1.98. The summed E-state index contributed by atoms with van der Waals surface area (Å²) in [6, 6.07) is 8.02. The fraction of sp³-hybridized carbons (Fsp3) is 0.0588. The Kier molecular flexibility index (Phi) is 5.20. The summed E-state index contributed by atoms with van der Waals surface area (Å²) in [7, 11) is 0. The van der Waals surface area contributed by atoms with E-state index in [2.05, 4.69) is 5.10 Å². The van der Waals surface area contributed by atoms with Gasteiger partial charge in [0.1, 0.15) is 23.9 Å². The van der Waals surface area contributed by atoms with Crippen LogP contribution in [0.4, 0.5) is 5.69 Å². The third kappa shape index (κ3) is 4.19. The van der Waals surface area contributed by atoms with Crippen LogP contribution in [0.25, 0.3) is 6.08 Å². The fourth-order valence-corrected chi connectivity index (χ4v) is 2.46. The van der Waals surface area contributed by atoms with Crippen LogP contribution in [0.15, 0.2) is 53.2 Å². The van der Waals surface area contributed by atoms with Crippen molar-refractivity contribution in [2.75, 3.05) is 0 Å². The molecule has 0 unspecified atom stereocenters. The average molecular weight is 392 g/mol. The lowest BCUT2D eigenvalue weighted by Crippen LogP contribution is -1.98. The maximum atomic E-state index is 12.1. The lowest BCUT2D eigenvalue weighted by atomic mass is 10.1. The molecule has 132 valence electrons. The number of rotatable bonds is 6. The van der Waals surface area contributed by atoms with E-state index in [0.29, 0.717) is 27.1 Å². The smallest absolute Gasteiger partial charge is 0.307 e. The van der Waals surface area contributed by atoms with Crippen LogP contribution in [-0.4, -0.2) is 20.5 Å². The van der Waals surface area contributed by atoms with Crippen molar-refractivity contribution < 1.29 is 14.1 Å². The molecule has 0 saturated heterocycles. The van der Waals surface area contributed by atoms with Crippen molar-refractivity contribution >= 4 is 40.7 Å². The molecule has 2 heterocycles. The average Bonchev–Trinajstić information content (AvgIpc) is 3.25. The van der Waals surface area contributed by atoms with E-state index in [1.54, 1.807) is 24.3 Å². The number of halogens is 2. The van der Waals surface area contributed by atoms with Gasteiger partial charge in [0.05, 0.1) is 21.5 Å². The van der Waals surface area contributed by atoms with E-state index in [0.717, 1.165) is 0 Å². The van der Waals surface area contributed by atoms with Crippen molar-refractivity contribution in [3.8, 4) is 0 Å². The van der Waals surface area contributed by atoms with Gasteiger partial charge >= 0.3 is 5.69 Å². The highest BCUT2D eigenvalue weighted by atomic mass is 35.5. The summed E-state index contributed by atoms with van der Waals surface area (Å²) in [4.78, 5) is 22.3. The van der Waals surface area contributed by atoms with Crippen molar-refractivity contribution in [3.05, 3.63) is 86.0 Å². The van der Waals surface area contributed by atoms with Gasteiger partial charge in [-0.1, -0.05) is 23.2 Å². The van der Waals surface area contributed by atoms with Crippen molar-refractivity contribution in [2.45, 2.75) is 6.54 Å². The van der Waals surface area contributed by atoms with Crippen LogP contribution in [0.2, 0.25) is 10.0 Å². The first kappa shape index (κ1) is 17.9. The number of benzene rings is 1. The number of nitro groups is 1. The Balaban J connectivity index is 1.67. The van der Waals surface area contributed by atoms with Gasteiger partial charge in [-0.2, -0.15) is 5.10 Å². The first-order valence-corrected chi connectivity index (χ1v) is 8.11. The predicted octanol–water partition coefficient (Wildman–Crippen LogP) is 4.64. The van der Waals surface area contributed by atoms with Gasteiger partial charge in [-0.25, -0.2) is 0 Å². The minimum atomic E-state index is -0.519. The maximum absolute atomic E-state index is 12.1. The highest BCUT2D eigenvalue weighted by molar-refractivity contribution is 6.42. The van der Waals surface area contributed by atoms with E-state index in [9.17, 15) is 14.9 Å². The van der Waals surface area contributed by atoms with Gasteiger partial charge in [0.25, 0.3) is 0 Å². The van der Waals surface area contributed by atoms with Gasteiger partial charge in [0.2, 0.25) is 0 Å². The van der Waals surface area contributed by atoms with Crippen molar-refractivity contribution in [1.82, 2.24) is 9.78 Å². The van der Waals surface area contributed by atoms with Crippen molar-refractivity contribution in [3.63, 3.8) is 0 Å². The van der Waals surface area contributed by atoms with Crippen LogP contribution in [0.3, 0.4) is 0 Å². The predicted molar refractivity (Wildman–Crippen MR) is 96.5 cm³/mol. The molecule has 3 rings (SSSR count). The molecule has 2 aromatic heterocycles. The van der Waals surface area contributed by atoms with E-state index >= 15 is 0 Å². The highest BCUT2D eigenvalue weighted by Crippen LogP contribution is 2.23. The zero-order valence-electron chi connectivity index (χ0n) is 13.1. The SMILES string of the molecule is O=C(/C=C/c1ccc(Cn2cc([N+](=O)[O-])cn2)o1)c1ccc(Cl)c(Cl)c1. The van der Waals surface area contributed by atoms with Crippen LogP contribution < -0.4 is 0 Å². The minimum Gasteiger partial charge on any atom is -0.460 e. The molecule has 0 aliphatic carbocycles. The highest BCUT2D eigenvalue weighted by Gasteiger charge is 2.10. The first-order chi connectivity index (χ1) is 12.4. The summed E-state index contributed by atoms with van der Waals surface area (Å²) < 4.78 is 6.96. The third-order valence-electron chi connectivity index (χ3n) is 3.43. The Labute approximate surface area is 157 Å². The molecular formula is C17H11Cl2N3O4. The molecule has 0 aliphatic heterocycles. The molecule has 0 fully saturated rings. The molecule has 9 heteroatoms. The second-order valence-corrected chi connectivity index (χ2v) is 6.10. The van der Waals surface area contributed by atoms with Crippen molar-refractivity contribution in [1.29, 1.82) is 0 Å². The minimum absolute atomic E-state index is 0.0936. The van der Waals surface area contributed by atoms with Crippen LogP contribution >= 0.6 is 23.2 Å². The second kappa shape index (κ2) is 7.55. The number of hydrogen-bond donors (Lipinski definition) is 0. The molecule has 0 spiro atoms.